The normalized spacial score (nSPS) is 10.6. The highest BCUT2D eigenvalue weighted by Crippen LogP contribution is 2.32. The van der Waals surface area contributed by atoms with Crippen LogP contribution in [0.1, 0.15) is 20.3 Å². The molecule has 6 heteroatoms. The summed E-state index contributed by atoms with van der Waals surface area (Å²) in [4.78, 5) is 10.5. The van der Waals surface area contributed by atoms with Crippen molar-refractivity contribution < 1.29 is 9.84 Å². The zero-order valence-electron chi connectivity index (χ0n) is 11.5. The van der Waals surface area contributed by atoms with Crippen LogP contribution < -0.4 is 15.0 Å². The molecule has 102 valence electrons. The Morgan fingerprint density at radius 2 is 2.17 bits per heavy atom. The number of hydrogen-bond acceptors (Lipinski definition) is 6. The Hall–Kier alpha value is -1.56. The number of nitrogens with one attached hydrogen (secondary N) is 1. The molecule has 1 rings (SSSR count). The van der Waals surface area contributed by atoms with Gasteiger partial charge < -0.3 is 20.1 Å². The molecule has 0 unspecified atom stereocenters. The van der Waals surface area contributed by atoms with Gasteiger partial charge in [0.05, 0.1) is 7.11 Å². The molecule has 18 heavy (non-hydrogen) atoms. The quantitative estimate of drug-likeness (QED) is 0.760. The summed E-state index contributed by atoms with van der Waals surface area (Å²) in [5, 5.41) is 12.0. The summed E-state index contributed by atoms with van der Waals surface area (Å²) in [6.45, 7) is 5.05. The third kappa shape index (κ3) is 3.22. The topological polar surface area (TPSA) is 70.5 Å². The van der Waals surface area contributed by atoms with Gasteiger partial charge in [-0.2, -0.15) is 0 Å². The second-order valence-corrected chi connectivity index (χ2v) is 4.19. The van der Waals surface area contributed by atoms with Crippen LogP contribution >= 0.6 is 0 Å². The van der Waals surface area contributed by atoms with Crippen molar-refractivity contribution in [2.24, 2.45) is 0 Å². The number of aliphatic hydroxyl groups is 1. The molecule has 2 N–H and O–H groups in total. The van der Waals surface area contributed by atoms with Gasteiger partial charge in [-0.1, -0.05) is 0 Å². The largest absolute Gasteiger partial charge is 0.490 e. The number of aromatic nitrogens is 2. The monoisotopic (exact) mass is 254 g/mol. The van der Waals surface area contributed by atoms with E-state index in [1.807, 2.05) is 0 Å². The van der Waals surface area contributed by atoms with Crippen LogP contribution in [0.4, 0.5) is 11.6 Å². The van der Waals surface area contributed by atoms with Crippen LogP contribution in [0.3, 0.4) is 0 Å². The number of anilines is 2. The number of aliphatic hydroxyl groups excluding tert-OH is 1. The number of rotatable bonds is 7. The van der Waals surface area contributed by atoms with E-state index in [4.69, 9.17) is 9.84 Å². The fraction of sp³-hybridized carbons (Fsp3) is 0.667. The molecule has 0 aliphatic carbocycles. The number of nitrogens with zero attached hydrogens (tertiary/aromatic N) is 3. The second kappa shape index (κ2) is 7.00. The van der Waals surface area contributed by atoms with E-state index in [1.165, 1.54) is 6.33 Å². The van der Waals surface area contributed by atoms with E-state index in [1.54, 1.807) is 14.2 Å². The van der Waals surface area contributed by atoms with Crippen molar-refractivity contribution in [3.8, 4) is 5.75 Å². The van der Waals surface area contributed by atoms with Crippen molar-refractivity contribution in [1.82, 2.24) is 9.97 Å². The van der Waals surface area contributed by atoms with Crippen LogP contribution in [0.2, 0.25) is 0 Å². The lowest BCUT2D eigenvalue weighted by Crippen LogP contribution is -2.33. The SMILES string of the molecule is CNc1ncnc(N(CCCO)C(C)C)c1OC. The Kier molecular flexibility index (Phi) is 5.64. The van der Waals surface area contributed by atoms with Crippen LogP contribution in [0.15, 0.2) is 6.33 Å². The highest BCUT2D eigenvalue weighted by atomic mass is 16.5. The maximum Gasteiger partial charge on any atom is 0.204 e. The minimum Gasteiger partial charge on any atom is -0.490 e. The molecule has 1 aromatic heterocycles. The third-order valence-electron chi connectivity index (χ3n) is 2.68. The van der Waals surface area contributed by atoms with E-state index in [9.17, 15) is 0 Å². The average Bonchev–Trinajstić information content (AvgIpc) is 2.38. The van der Waals surface area contributed by atoms with Crippen molar-refractivity contribution in [3.05, 3.63) is 6.33 Å². The Morgan fingerprint density at radius 3 is 2.67 bits per heavy atom. The van der Waals surface area contributed by atoms with Crippen molar-refractivity contribution in [2.75, 3.05) is 37.5 Å². The summed E-state index contributed by atoms with van der Waals surface area (Å²) in [5.41, 5.74) is 0. The fourth-order valence-corrected chi connectivity index (χ4v) is 1.78. The maximum atomic E-state index is 8.97. The van der Waals surface area contributed by atoms with Gasteiger partial charge in [-0.05, 0) is 20.3 Å². The van der Waals surface area contributed by atoms with E-state index >= 15 is 0 Å². The van der Waals surface area contributed by atoms with Crippen LogP contribution in [-0.2, 0) is 0 Å². The van der Waals surface area contributed by atoms with Gasteiger partial charge in [-0.3, -0.25) is 0 Å². The van der Waals surface area contributed by atoms with Crippen LogP contribution in [0.5, 0.6) is 5.75 Å². The van der Waals surface area contributed by atoms with E-state index < -0.39 is 0 Å². The Labute approximate surface area is 108 Å². The smallest absolute Gasteiger partial charge is 0.204 e. The van der Waals surface area contributed by atoms with E-state index in [-0.39, 0.29) is 12.6 Å². The van der Waals surface area contributed by atoms with E-state index in [2.05, 4.69) is 34.0 Å². The molecule has 0 radical (unpaired) electrons. The summed E-state index contributed by atoms with van der Waals surface area (Å²) in [5.74, 6) is 2.05. The van der Waals surface area contributed by atoms with Crippen molar-refractivity contribution >= 4 is 11.6 Å². The molecule has 0 saturated heterocycles. The first-order valence-electron chi connectivity index (χ1n) is 6.09. The van der Waals surface area contributed by atoms with Gasteiger partial charge in [0, 0.05) is 26.2 Å². The Bertz CT molecular complexity index is 371. The van der Waals surface area contributed by atoms with Gasteiger partial charge in [0.25, 0.3) is 0 Å². The van der Waals surface area contributed by atoms with Crippen molar-refractivity contribution in [3.63, 3.8) is 0 Å². The molecular weight excluding hydrogens is 232 g/mol. The summed E-state index contributed by atoms with van der Waals surface area (Å²) < 4.78 is 5.39. The molecule has 0 aliphatic rings. The van der Waals surface area contributed by atoms with Gasteiger partial charge in [-0.25, -0.2) is 9.97 Å². The first kappa shape index (κ1) is 14.5. The molecule has 0 saturated carbocycles. The lowest BCUT2D eigenvalue weighted by atomic mass is 10.2. The van der Waals surface area contributed by atoms with Gasteiger partial charge in [0.15, 0.2) is 11.6 Å². The molecule has 0 aliphatic heterocycles. The molecule has 0 bridgehead atoms. The van der Waals surface area contributed by atoms with Crippen LogP contribution in [-0.4, -0.2) is 48.4 Å². The van der Waals surface area contributed by atoms with Gasteiger partial charge in [0.1, 0.15) is 6.33 Å². The minimum absolute atomic E-state index is 0.162. The standard InChI is InChI=1S/C12H22N4O2/c1-9(2)16(6-5-7-17)12-10(18-4)11(13-3)14-8-15-12/h8-9,17H,5-7H2,1-4H3,(H,13,14,15). The molecule has 1 heterocycles. The summed E-state index contributed by atoms with van der Waals surface area (Å²) in [6.07, 6.45) is 2.21. The molecule has 0 fully saturated rings. The highest BCUT2D eigenvalue weighted by Gasteiger charge is 2.19. The maximum absolute atomic E-state index is 8.97. The number of methoxy groups -OCH3 is 1. The van der Waals surface area contributed by atoms with Gasteiger partial charge in [-0.15, -0.1) is 0 Å². The summed E-state index contributed by atoms with van der Waals surface area (Å²) in [6, 6.07) is 0.269. The molecule has 0 spiro atoms. The average molecular weight is 254 g/mol. The Balaban J connectivity index is 3.10. The molecule has 6 nitrogen and oxygen atoms in total. The predicted molar refractivity (Wildman–Crippen MR) is 72.3 cm³/mol. The second-order valence-electron chi connectivity index (χ2n) is 4.19. The number of hydrogen-bond donors (Lipinski definition) is 2. The lowest BCUT2D eigenvalue weighted by molar-refractivity contribution is 0.288. The predicted octanol–water partition coefficient (Wildman–Crippen LogP) is 1.12. The minimum atomic E-state index is 0.162. The Morgan fingerprint density at radius 1 is 1.44 bits per heavy atom. The zero-order valence-corrected chi connectivity index (χ0v) is 11.5. The van der Waals surface area contributed by atoms with E-state index in [0.29, 0.717) is 18.0 Å². The number of ether oxygens (including phenoxy) is 1. The zero-order chi connectivity index (χ0) is 13.5. The lowest BCUT2D eigenvalue weighted by Gasteiger charge is -2.29. The highest BCUT2D eigenvalue weighted by molar-refractivity contribution is 5.64. The first-order chi connectivity index (χ1) is 8.65. The van der Waals surface area contributed by atoms with Gasteiger partial charge in [0.2, 0.25) is 5.75 Å². The van der Waals surface area contributed by atoms with Crippen molar-refractivity contribution in [1.29, 1.82) is 0 Å². The van der Waals surface area contributed by atoms with Crippen LogP contribution in [0, 0.1) is 0 Å². The van der Waals surface area contributed by atoms with Crippen molar-refractivity contribution in [2.45, 2.75) is 26.3 Å². The molecule has 0 atom stereocenters. The third-order valence-corrected chi connectivity index (χ3v) is 2.68. The first-order valence-corrected chi connectivity index (χ1v) is 6.09. The molecule has 0 amide bonds. The molecular formula is C12H22N4O2. The molecule has 0 aromatic carbocycles. The molecule has 1 aromatic rings. The summed E-state index contributed by atoms with van der Waals surface area (Å²) >= 11 is 0. The van der Waals surface area contributed by atoms with Crippen LogP contribution in [0.25, 0.3) is 0 Å². The van der Waals surface area contributed by atoms with Gasteiger partial charge >= 0.3 is 0 Å². The fourth-order valence-electron chi connectivity index (χ4n) is 1.78. The summed E-state index contributed by atoms with van der Waals surface area (Å²) in [7, 11) is 3.40. The van der Waals surface area contributed by atoms with E-state index in [0.717, 1.165) is 12.4 Å².